The average Bonchev–Trinajstić information content (AvgIpc) is 2.61. The number of para-hydroxylation sites is 1. The maximum atomic E-state index is 12.3. The Morgan fingerprint density at radius 2 is 2.04 bits per heavy atom. The summed E-state index contributed by atoms with van der Waals surface area (Å²) < 4.78 is 0. The lowest BCUT2D eigenvalue weighted by Gasteiger charge is -2.19. The minimum Gasteiger partial charge on any atom is -0.325 e. The van der Waals surface area contributed by atoms with Crippen molar-refractivity contribution in [1.82, 2.24) is 14.9 Å². The molecule has 3 aromatic rings. The maximum Gasteiger partial charge on any atom is 0.258 e. The number of anilines is 1. The third-order valence-electron chi connectivity index (χ3n) is 3.96. The summed E-state index contributed by atoms with van der Waals surface area (Å²) in [7, 11) is 0. The molecular formula is C19H19ClN4O2. The molecule has 0 aliphatic carbocycles. The number of amides is 1. The number of aromatic nitrogens is 2. The van der Waals surface area contributed by atoms with Gasteiger partial charge in [0, 0.05) is 10.7 Å². The molecule has 0 fully saturated rings. The molecule has 26 heavy (non-hydrogen) atoms. The Kier molecular flexibility index (Phi) is 5.65. The molecule has 0 saturated heterocycles. The summed E-state index contributed by atoms with van der Waals surface area (Å²) in [5, 5.41) is 3.93. The highest BCUT2D eigenvalue weighted by molar-refractivity contribution is 6.30. The van der Waals surface area contributed by atoms with Crippen LogP contribution in [0.25, 0.3) is 10.9 Å². The van der Waals surface area contributed by atoms with Crippen LogP contribution in [0, 0.1) is 0 Å². The fourth-order valence-electron chi connectivity index (χ4n) is 2.67. The van der Waals surface area contributed by atoms with Gasteiger partial charge in [-0.05, 0) is 36.9 Å². The van der Waals surface area contributed by atoms with Gasteiger partial charge in [0.15, 0.2) is 0 Å². The van der Waals surface area contributed by atoms with E-state index in [1.54, 1.807) is 42.5 Å². The first kappa shape index (κ1) is 18.1. The van der Waals surface area contributed by atoms with Gasteiger partial charge in [0.2, 0.25) is 5.91 Å². The molecule has 2 aromatic carbocycles. The van der Waals surface area contributed by atoms with Crippen molar-refractivity contribution < 1.29 is 4.79 Å². The van der Waals surface area contributed by atoms with Gasteiger partial charge in [-0.25, -0.2) is 4.98 Å². The number of benzene rings is 2. The van der Waals surface area contributed by atoms with Gasteiger partial charge in [0.25, 0.3) is 5.56 Å². The van der Waals surface area contributed by atoms with Crippen molar-refractivity contribution in [3.05, 3.63) is 69.7 Å². The number of carbonyl (C=O) groups is 1. The summed E-state index contributed by atoms with van der Waals surface area (Å²) >= 11 is 5.93. The van der Waals surface area contributed by atoms with Crippen molar-refractivity contribution >= 4 is 34.1 Å². The van der Waals surface area contributed by atoms with E-state index in [-0.39, 0.29) is 18.0 Å². The molecule has 1 aromatic heterocycles. The second-order valence-electron chi connectivity index (χ2n) is 5.89. The predicted molar refractivity (Wildman–Crippen MR) is 103 cm³/mol. The summed E-state index contributed by atoms with van der Waals surface area (Å²) in [4.78, 5) is 33.6. The first-order valence-electron chi connectivity index (χ1n) is 8.31. The van der Waals surface area contributed by atoms with Crippen LogP contribution in [-0.4, -0.2) is 33.9 Å². The summed E-state index contributed by atoms with van der Waals surface area (Å²) in [5.74, 6) is 0.378. The van der Waals surface area contributed by atoms with E-state index in [1.165, 1.54) is 0 Å². The van der Waals surface area contributed by atoms with Gasteiger partial charge in [-0.15, -0.1) is 0 Å². The predicted octanol–water partition coefficient (Wildman–Crippen LogP) is 3.04. The highest BCUT2D eigenvalue weighted by Gasteiger charge is 2.12. The number of rotatable bonds is 6. The molecule has 0 radical (unpaired) electrons. The molecule has 0 aliphatic heterocycles. The van der Waals surface area contributed by atoms with Crippen molar-refractivity contribution in [2.75, 3.05) is 18.4 Å². The zero-order chi connectivity index (χ0) is 18.5. The number of aromatic amines is 1. The van der Waals surface area contributed by atoms with Gasteiger partial charge >= 0.3 is 0 Å². The molecule has 134 valence electrons. The second-order valence-corrected chi connectivity index (χ2v) is 6.33. The highest BCUT2D eigenvalue weighted by atomic mass is 35.5. The van der Waals surface area contributed by atoms with E-state index in [2.05, 4.69) is 15.3 Å². The topological polar surface area (TPSA) is 78.1 Å². The number of H-pyrrole nitrogens is 1. The molecule has 0 spiro atoms. The summed E-state index contributed by atoms with van der Waals surface area (Å²) in [6, 6.07) is 14.2. The molecule has 0 unspecified atom stereocenters. The first-order valence-corrected chi connectivity index (χ1v) is 8.68. The summed E-state index contributed by atoms with van der Waals surface area (Å²) in [5.41, 5.74) is 1.12. The van der Waals surface area contributed by atoms with Gasteiger partial charge in [-0.3, -0.25) is 14.5 Å². The molecule has 0 atom stereocenters. The lowest BCUT2D eigenvalue weighted by Crippen LogP contribution is -2.33. The van der Waals surface area contributed by atoms with Crippen molar-refractivity contribution in [1.29, 1.82) is 0 Å². The van der Waals surface area contributed by atoms with Crippen LogP contribution in [-0.2, 0) is 11.3 Å². The molecule has 0 saturated carbocycles. The number of hydrogen-bond donors (Lipinski definition) is 2. The van der Waals surface area contributed by atoms with Gasteiger partial charge < -0.3 is 10.3 Å². The van der Waals surface area contributed by atoms with Crippen molar-refractivity contribution in [2.24, 2.45) is 0 Å². The lowest BCUT2D eigenvalue weighted by molar-refractivity contribution is -0.117. The zero-order valence-corrected chi connectivity index (χ0v) is 15.1. The van der Waals surface area contributed by atoms with Crippen LogP contribution in [0.3, 0.4) is 0 Å². The molecule has 1 heterocycles. The maximum absolute atomic E-state index is 12.3. The number of hydrogen-bond acceptors (Lipinski definition) is 4. The number of halogens is 1. The van der Waals surface area contributed by atoms with E-state index in [4.69, 9.17) is 11.6 Å². The molecule has 6 nitrogen and oxygen atoms in total. The van der Waals surface area contributed by atoms with Crippen LogP contribution in [0.4, 0.5) is 5.69 Å². The minimum absolute atomic E-state index is 0.155. The number of carbonyl (C=O) groups excluding carboxylic acids is 1. The molecule has 0 bridgehead atoms. The van der Waals surface area contributed by atoms with E-state index in [9.17, 15) is 9.59 Å². The van der Waals surface area contributed by atoms with Gasteiger partial charge in [-0.1, -0.05) is 36.7 Å². The fraction of sp³-hybridized carbons (Fsp3) is 0.211. The molecule has 1 amide bonds. The average molecular weight is 371 g/mol. The number of nitrogens with one attached hydrogen (secondary N) is 2. The van der Waals surface area contributed by atoms with Crippen LogP contribution >= 0.6 is 11.6 Å². The van der Waals surface area contributed by atoms with E-state index in [1.807, 2.05) is 17.9 Å². The van der Waals surface area contributed by atoms with Gasteiger partial charge in [0.1, 0.15) is 5.82 Å². The third kappa shape index (κ3) is 4.47. The van der Waals surface area contributed by atoms with E-state index in [0.717, 1.165) is 0 Å². The Hall–Kier alpha value is -2.70. The normalized spacial score (nSPS) is 11.0. The van der Waals surface area contributed by atoms with Crippen LogP contribution in [0.5, 0.6) is 0 Å². The Bertz CT molecular complexity index is 986. The van der Waals surface area contributed by atoms with Crippen LogP contribution < -0.4 is 10.9 Å². The zero-order valence-electron chi connectivity index (χ0n) is 14.3. The smallest absolute Gasteiger partial charge is 0.258 e. The van der Waals surface area contributed by atoms with Crippen molar-refractivity contribution in [2.45, 2.75) is 13.5 Å². The first-order chi connectivity index (χ1) is 12.5. The van der Waals surface area contributed by atoms with E-state index in [0.29, 0.717) is 40.5 Å². The van der Waals surface area contributed by atoms with Crippen molar-refractivity contribution in [3.8, 4) is 0 Å². The molecular weight excluding hydrogens is 352 g/mol. The number of nitrogens with zero attached hydrogens (tertiary/aromatic N) is 2. The Morgan fingerprint density at radius 1 is 1.23 bits per heavy atom. The van der Waals surface area contributed by atoms with E-state index >= 15 is 0 Å². The molecule has 3 rings (SSSR count). The van der Waals surface area contributed by atoms with Crippen LogP contribution in [0.1, 0.15) is 12.7 Å². The Labute approximate surface area is 155 Å². The molecule has 7 heteroatoms. The monoisotopic (exact) mass is 370 g/mol. The highest BCUT2D eigenvalue weighted by Crippen LogP contribution is 2.15. The number of fused-ring (bicyclic) bond motifs is 1. The molecule has 0 aliphatic rings. The Balaban J connectivity index is 1.69. The van der Waals surface area contributed by atoms with Crippen LogP contribution in [0.2, 0.25) is 5.02 Å². The minimum atomic E-state index is -0.176. The quantitative estimate of drug-likeness (QED) is 0.699. The van der Waals surface area contributed by atoms with Gasteiger partial charge in [-0.2, -0.15) is 0 Å². The van der Waals surface area contributed by atoms with Crippen molar-refractivity contribution in [3.63, 3.8) is 0 Å². The summed E-state index contributed by atoms with van der Waals surface area (Å²) in [6.07, 6.45) is 0. The second kappa shape index (κ2) is 8.12. The fourth-order valence-corrected chi connectivity index (χ4v) is 2.86. The third-order valence-corrected chi connectivity index (χ3v) is 4.19. The lowest BCUT2D eigenvalue weighted by atomic mass is 10.2. The summed E-state index contributed by atoms with van der Waals surface area (Å²) in [6.45, 7) is 3.14. The number of likely N-dealkylation sites (N-methyl/N-ethyl adjacent to an activating group) is 1. The van der Waals surface area contributed by atoms with Gasteiger partial charge in [0.05, 0.1) is 24.0 Å². The SMILES string of the molecule is CCN(CC(=O)Nc1cccc(Cl)c1)Cc1nc2ccccc2c(=O)[nH]1. The Morgan fingerprint density at radius 3 is 2.81 bits per heavy atom. The molecule has 2 N–H and O–H groups in total. The van der Waals surface area contributed by atoms with E-state index < -0.39 is 0 Å². The van der Waals surface area contributed by atoms with Crippen LogP contribution in [0.15, 0.2) is 53.3 Å². The largest absolute Gasteiger partial charge is 0.325 e. The standard InChI is InChI=1S/C19H19ClN4O2/c1-2-24(12-18(25)21-14-7-5-6-13(20)10-14)11-17-22-16-9-4-3-8-15(16)19(26)23-17/h3-10H,2,11-12H2,1H3,(H,21,25)(H,22,23,26).